The fourth-order valence-corrected chi connectivity index (χ4v) is 24.2. The monoisotopic (exact) mass is 1020 g/mol. The molecule has 57 heavy (non-hydrogen) atoms. The number of hydrogen-bond acceptors (Lipinski definition) is 14. The first-order valence-corrected chi connectivity index (χ1v) is 29.7. The van der Waals surface area contributed by atoms with E-state index in [1.54, 1.807) is 94.1 Å². The number of rotatable bonds is 6. The van der Waals surface area contributed by atoms with Gasteiger partial charge in [-0.3, -0.25) is 19.6 Å². The molecule has 20 heteroatoms. The van der Waals surface area contributed by atoms with Crippen LogP contribution in [0, 0.1) is 0 Å². The van der Waals surface area contributed by atoms with Crippen LogP contribution in [-0.2, 0) is 11.3 Å². The van der Waals surface area contributed by atoms with Crippen molar-refractivity contribution < 1.29 is 9.59 Å². The van der Waals surface area contributed by atoms with Crippen molar-refractivity contribution in [2.24, 2.45) is 0 Å². The van der Waals surface area contributed by atoms with E-state index in [9.17, 15) is 0 Å². The third-order valence-corrected chi connectivity index (χ3v) is 27.0. The highest BCUT2D eigenvalue weighted by molar-refractivity contribution is 8.43. The van der Waals surface area contributed by atoms with Crippen LogP contribution in [0.3, 0.4) is 0 Å². The lowest BCUT2D eigenvalue weighted by Gasteiger charge is -2.49. The first kappa shape index (κ1) is 42.5. The summed E-state index contributed by atoms with van der Waals surface area (Å²) in [6.07, 6.45) is 8.58. The molecule has 4 amide bonds. The van der Waals surface area contributed by atoms with Gasteiger partial charge in [0.05, 0.1) is 65.4 Å². The van der Waals surface area contributed by atoms with Crippen molar-refractivity contribution in [1.82, 2.24) is 19.6 Å². The lowest BCUT2D eigenvalue weighted by molar-refractivity contribution is -0.0613. The van der Waals surface area contributed by atoms with Crippen molar-refractivity contribution in [2.75, 3.05) is 56.5 Å². The summed E-state index contributed by atoms with van der Waals surface area (Å²) in [7, 11) is 0. The van der Waals surface area contributed by atoms with E-state index < -0.39 is 11.3 Å². The standard InChI is InChI=1S/C36H30N4O2S12.CH2Cl2/c1-43-25-26(44-2)52-31(51-25)29-47-21-15-37-33(41)39-17-23-24(50-30(49-23)32-53-27(45-3)28(46-4)54-32)18-40-34(42)38(16-22(21)48-29)35(37,19-11-7-5-8-12-19)36(39,40)20-13-9-6-10-14-20;2-1-3/h5-14H,15-18H2,1-4H3;1H2. The van der Waals surface area contributed by atoms with Crippen molar-refractivity contribution in [3.63, 3.8) is 0 Å². The molecule has 298 valence electrons. The van der Waals surface area contributed by atoms with Crippen LogP contribution in [-0.4, -0.2) is 88.2 Å². The van der Waals surface area contributed by atoms with Gasteiger partial charge in [0.15, 0.2) is 11.3 Å². The van der Waals surface area contributed by atoms with Gasteiger partial charge in [0, 0.05) is 30.7 Å². The molecular weight excluding hydrogens is 988 g/mol. The molecule has 0 bridgehead atoms. The Morgan fingerprint density at radius 3 is 0.965 bits per heavy atom. The number of amides is 4. The molecule has 2 aromatic rings. The Labute approximate surface area is 394 Å². The van der Waals surface area contributed by atoms with E-state index in [1.165, 1.54) is 53.5 Å². The molecule has 8 aliphatic rings. The van der Waals surface area contributed by atoms with Crippen molar-refractivity contribution in [3.8, 4) is 0 Å². The van der Waals surface area contributed by atoms with Gasteiger partial charge in [-0.2, -0.15) is 0 Å². The van der Waals surface area contributed by atoms with E-state index >= 15 is 9.59 Å². The molecule has 6 nitrogen and oxygen atoms in total. The average molecular weight is 1020 g/mol. The highest BCUT2D eigenvalue weighted by atomic mass is 35.5. The molecule has 0 N–H and O–H groups in total. The second-order valence-electron chi connectivity index (χ2n) is 12.7. The molecule has 2 saturated heterocycles. The zero-order valence-corrected chi connectivity index (χ0v) is 41.9. The average Bonchev–Trinajstić information content (AvgIpc) is 4.07. The number of hydrogen-bond donors (Lipinski definition) is 0. The smallest absolute Gasteiger partial charge is 0.288 e. The number of nitrogens with zero attached hydrogens (tertiary/aromatic N) is 4. The summed E-state index contributed by atoms with van der Waals surface area (Å²) in [5.41, 5.74) is -0.284. The summed E-state index contributed by atoms with van der Waals surface area (Å²) in [6.45, 7) is 1.74. The molecule has 2 fully saturated rings. The molecule has 0 saturated carbocycles. The lowest BCUT2D eigenvalue weighted by atomic mass is 9.79. The summed E-state index contributed by atoms with van der Waals surface area (Å²) in [5.74, 6) is 0. The summed E-state index contributed by atoms with van der Waals surface area (Å²) < 4.78 is 10.5. The highest BCUT2D eigenvalue weighted by Gasteiger charge is 2.81. The van der Waals surface area contributed by atoms with Gasteiger partial charge in [0.25, 0.3) is 0 Å². The molecule has 0 radical (unpaired) electrons. The molecule has 0 unspecified atom stereocenters. The van der Waals surface area contributed by atoms with E-state index in [-0.39, 0.29) is 17.4 Å². The number of halogens is 2. The maximum atomic E-state index is 15.6. The predicted molar refractivity (Wildman–Crippen MR) is 267 cm³/mol. The fourth-order valence-electron chi connectivity index (χ4n) is 8.14. The van der Waals surface area contributed by atoms with Crippen molar-refractivity contribution in [1.29, 1.82) is 0 Å². The summed E-state index contributed by atoms with van der Waals surface area (Å²) in [5, 5.41) is 0.194. The summed E-state index contributed by atoms with van der Waals surface area (Å²) in [4.78, 5) is 44.2. The number of urea groups is 2. The summed E-state index contributed by atoms with van der Waals surface area (Å²) in [6, 6.07) is 20.7. The molecule has 8 heterocycles. The van der Waals surface area contributed by atoms with Crippen LogP contribution in [0.5, 0.6) is 0 Å². The summed E-state index contributed by atoms with van der Waals surface area (Å²) >= 11 is 31.3. The molecule has 8 aliphatic heterocycles. The normalized spacial score (nSPS) is 26.6. The Kier molecular flexibility index (Phi) is 13.0. The molecule has 10 rings (SSSR count). The largest absolute Gasteiger partial charge is 0.325 e. The van der Waals surface area contributed by atoms with Gasteiger partial charge in [-0.1, -0.05) is 155 Å². The number of carbonyl (C=O) groups excluding carboxylic acids is 2. The van der Waals surface area contributed by atoms with Gasteiger partial charge in [0.2, 0.25) is 0 Å². The zero-order chi connectivity index (χ0) is 39.6. The van der Waals surface area contributed by atoms with E-state index in [1.807, 2.05) is 83.4 Å². The molecular formula is C37H32Cl2N4O2S12. The maximum Gasteiger partial charge on any atom is 0.325 e. The number of thioether (sulfide) groups is 12. The van der Waals surface area contributed by atoms with Crippen LogP contribution in [0.1, 0.15) is 11.1 Å². The van der Waals surface area contributed by atoms with Crippen LogP contribution < -0.4 is 0 Å². The molecule has 0 spiro atoms. The maximum absolute atomic E-state index is 15.6. The van der Waals surface area contributed by atoms with Gasteiger partial charge in [-0.05, 0) is 25.0 Å². The topological polar surface area (TPSA) is 47.1 Å². The lowest BCUT2D eigenvalue weighted by Crippen LogP contribution is -2.63. The number of benzene rings is 2. The molecule has 0 aliphatic carbocycles. The Morgan fingerprint density at radius 1 is 0.474 bits per heavy atom. The van der Waals surface area contributed by atoms with Gasteiger partial charge in [-0.15, -0.1) is 70.2 Å². The van der Waals surface area contributed by atoms with Gasteiger partial charge in [-0.25, -0.2) is 9.59 Å². The highest BCUT2D eigenvalue weighted by Crippen LogP contribution is 2.70. The van der Waals surface area contributed by atoms with Crippen LogP contribution in [0.25, 0.3) is 0 Å². The molecule has 0 atom stereocenters. The Bertz CT molecular complexity index is 2000. The quantitative estimate of drug-likeness (QED) is 0.258. The van der Waals surface area contributed by atoms with E-state index in [2.05, 4.69) is 68.9 Å². The van der Waals surface area contributed by atoms with Crippen molar-refractivity contribution >= 4 is 176 Å². The van der Waals surface area contributed by atoms with Gasteiger partial charge >= 0.3 is 12.1 Å². The van der Waals surface area contributed by atoms with Crippen LogP contribution >= 0.6 is 164 Å². The van der Waals surface area contributed by atoms with Gasteiger partial charge < -0.3 is 0 Å². The first-order chi connectivity index (χ1) is 27.8. The number of alkyl halides is 2. The fraction of sp³-hybridized carbons (Fsp3) is 0.297. The van der Waals surface area contributed by atoms with E-state index in [4.69, 9.17) is 23.2 Å². The van der Waals surface area contributed by atoms with Crippen LogP contribution in [0.4, 0.5) is 9.59 Å². The van der Waals surface area contributed by atoms with Gasteiger partial charge in [0.1, 0.15) is 0 Å². The Hall–Kier alpha value is 0.200. The minimum absolute atomic E-state index is 0.0349. The van der Waals surface area contributed by atoms with E-state index in [0.717, 1.165) is 11.1 Å². The third kappa shape index (κ3) is 6.68. The molecule has 2 aromatic carbocycles. The van der Waals surface area contributed by atoms with E-state index in [0.29, 0.717) is 26.2 Å². The third-order valence-electron chi connectivity index (χ3n) is 10.2. The second-order valence-corrected chi connectivity index (χ2v) is 27.4. The predicted octanol–water partition coefficient (Wildman–Crippen LogP) is 13.9. The van der Waals surface area contributed by atoms with Crippen LogP contribution in [0.15, 0.2) is 114 Å². The minimum Gasteiger partial charge on any atom is -0.288 e. The van der Waals surface area contributed by atoms with Crippen LogP contribution in [0.2, 0.25) is 0 Å². The SMILES string of the molecule is CSC1=C(SC)SC(=C2SC3=C(CN4C(=O)N5CC6=C(CN7C(=O)N(C3)C4(c3ccccc3)C75c3ccccc3)SC(=C3SC(SC)=C(SC)S3)S6)S2)S1.ClCCl. The van der Waals surface area contributed by atoms with Crippen molar-refractivity contribution in [2.45, 2.75) is 11.3 Å². The number of carbonyl (C=O) groups is 2. The first-order valence-electron chi connectivity index (χ1n) is 17.2. The zero-order valence-electron chi connectivity index (χ0n) is 30.6. The Balaban J connectivity index is 0.00000137. The molecule has 0 aromatic heterocycles. The minimum atomic E-state index is -1.10. The van der Waals surface area contributed by atoms with Crippen molar-refractivity contribution in [3.05, 3.63) is 125 Å². The second kappa shape index (κ2) is 17.4. The Morgan fingerprint density at radius 2 is 0.719 bits per heavy atom.